The maximum atomic E-state index is 13.5. The van der Waals surface area contributed by atoms with Crippen LogP contribution < -0.4 is 10.2 Å². The molecule has 1 heterocycles. The molecule has 170 valence electrons. The van der Waals surface area contributed by atoms with Crippen LogP contribution in [-0.2, 0) is 4.79 Å². The molecule has 0 spiro atoms. The molecule has 1 aromatic heterocycles. The normalized spacial score (nSPS) is 13.2. The molecule has 8 heteroatoms. The molecule has 3 aromatic rings. The molecule has 0 bridgehead atoms. The minimum atomic E-state index is -0.303. The number of quaternary nitrogens is 1. The summed E-state index contributed by atoms with van der Waals surface area (Å²) in [6.45, 7) is 6.41. The van der Waals surface area contributed by atoms with Crippen LogP contribution in [0, 0.1) is 5.82 Å². The van der Waals surface area contributed by atoms with Crippen LogP contribution in [-0.4, -0.2) is 40.5 Å². The van der Waals surface area contributed by atoms with Crippen molar-refractivity contribution < 1.29 is 14.1 Å². The van der Waals surface area contributed by atoms with E-state index >= 15 is 0 Å². The quantitative estimate of drug-likeness (QED) is 0.480. The van der Waals surface area contributed by atoms with Crippen molar-refractivity contribution in [1.82, 2.24) is 14.8 Å². The smallest absolute Gasteiger partial charge is 0.234 e. The van der Waals surface area contributed by atoms with Crippen molar-refractivity contribution in [1.29, 1.82) is 0 Å². The zero-order valence-electron chi connectivity index (χ0n) is 19.2. The van der Waals surface area contributed by atoms with E-state index in [-0.39, 0.29) is 23.5 Å². The van der Waals surface area contributed by atoms with E-state index in [2.05, 4.69) is 48.4 Å². The molecule has 2 atom stereocenters. The van der Waals surface area contributed by atoms with Crippen molar-refractivity contribution in [2.45, 2.75) is 44.3 Å². The number of nitrogens with zero attached hydrogens (tertiary/aromatic N) is 3. The predicted octanol–water partition coefficient (Wildman–Crippen LogP) is 3.86. The fourth-order valence-corrected chi connectivity index (χ4v) is 3.96. The molecule has 0 saturated carbocycles. The molecule has 2 N–H and O–H groups in total. The van der Waals surface area contributed by atoms with Crippen LogP contribution in [0.3, 0.4) is 0 Å². The highest BCUT2D eigenvalue weighted by molar-refractivity contribution is 7.99. The summed E-state index contributed by atoms with van der Waals surface area (Å²) in [5, 5.41) is 12.2. The van der Waals surface area contributed by atoms with Crippen molar-refractivity contribution in [2.75, 3.05) is 25.2 Å². The summed E-state index contributed by atoms with van der Waals surface area (Å²) in [6, 6.07) is 14.3. The Bertz CT molecular complexity index is 1030. The molecule has 0 aliphatic rings. The first kappa shape index (κ1) is 23.9. The number of rotatable bonds is 9. The zero-order chi connectivity index (χ0) is 23.3. The van der Waals surface area contributed by atoms with Gasteiger partial charge in [0.05, 0.1) is 19.8 Å². The van der Waals surface area contributed by atoms with Crippen molar-refractivity contribution in [3.63, 3.8) is 0 Å². The number of benzene rings is 2. The third-order valence-corrected chi connectivity index (χ3v) is 6.63. The highest BCUT2D eigenvalue weighted by Crippen LogP contribution is 2.25. The molecule has 2 aromatic carbocycles. The number of carbonyl (C=O) groups excluding carboxylic acids is 1. The molecule has 0 saturated heterocycles. The molecule has 0 radical (unpaired) electrons. The van der Waals surface area contributed by atoms with E-state index in [0.29, 0.717) is 11.1 Å². The van der Waals surface area contributed by atoms with E-state index in [1.54, 1.807) is 12.1 Å². The van der Waals surface area contributed by atoms with Gasteiger partial charge in [0.15, 0.2) is 11.0 Å². The van der Waals surface area contributed by atoms with Gasteiger partial charge in [-0.2, -0.15) is 0 Å². The van der Waals surface area contributed by atoms with Gasteiger partial charge in [-0.3, -0.25) is 9.36 Å². The Morgan fingerprint density at radius 1 is 1.09 bits per heavy atom. The molecular formula is C24H31FN5OS+. The van der Waals surface area contributed by atoms with E-state index in [4.69, 9.17) is 0 Å². The molecule has 1 amide bonds. The van der Waals surface area contributed by atoms with Crippen LogP contribution in [0.15, 0.2) is 53.7 Å². The Morgan fingerprint density at radius 2 is 1.75 bits per heavy atom. The van der Waals surface area contributed by atoms with Gasteiger partial charge in [0, 0.05) is 11.4 Å². The summed E-state index contributed by atoms with van der Waals surface area (Å²) in [5.41, 5.74) is 2.80. The minimum absolute atomic E-state index is 0.0692. The standard InChI is InChI=1S/C24H30FN5OS/c1-6-16(2)18-7-11-20(12-8-18)26-22(31)15-32-24-28-27-23(17(3)29(4)5)30(24)21-13-9-19(25)10-14-21/h7-14,16-17H,6,15H2,1-5H3,(H,26,31)/p+1/t16-,17-/m1/s1. The first-order valence-electron chi connectivity index (χ1n) is 10.8. The maximum Gasteiger partial charge on any atom is 0.234 e. The third kappa shape index (κ3) is 5.75. The number of carbonyl (C=O) groups is 1. The van der Waals surface area contributed by atoms with Gasteiger partial charge in [0.2, 0.25) is 5.91 Å². The number of hydrogen-bond donors (Lipinski definition) is 2. The lowest BCUT2D eigenvalue weighted by atomic mass is 9.99. The number of thioether (sulfide) groups is 1. The lowest BCUT2D eigenvalue weighted by Crippen LogP contribution is -3.05. The van der Waals surface area contributed by atoms with Gasteiger partial charge < -0.3 is 10.2 Å². The fraction of sp³-hybridized carbons (Fsp3) is 0.375. The minimum Gasteiger partial charge on any atom is -0.331 e. The summed E-state index contributed by atoms with van der Waals surface area (Å²) in [5.74, 6) is 1.03. The van der Waals surface area contributed by atoms with Gasteiger partial charge in [-0.05, 0) is 61.2 Å². The molecule has 0 fully saturated rings. The average molecular weight is 457 g/mol. The largest absolute Gasteiger partial charge is 0.331 e. The molecule has 0 aliphatic heterocycles. The lowest BCUT2D eigenvalue weighted by molar-refractivity contribution is -0.890. The van der Waals surface area contributed by atoms with Gasteiger partial charge >= 0.3 is 0 Å². The van der Waals surface area contributed by atoms with E-state index in [0.717, 1.165) is 23.6 Å². The first-order chi connectivity index (χ1) is 15.3. The van der Waals surface area contributed by atoms with Crippen LogP contribution in [0.5, 0.6) is 0 Å². The van der Waals surface area contributed by atoms with Crippen molar-refractivity contribution in [2.24, 2.45) is 0 Å². The number of amides is 1. The highest BCUT2D eigenvalue weighted by Gasteiger charge is 2.24. The molecular weight excluding hydrogens is 425 g/mol. The van der Waals surface area contributed by atoms with E-state index in [1.807, 2.05) is 30.8 Å². The van der Waals surface area contributed by atoms with E-state index < -0.39 is 0 Å². The molecule has 0 unspecified atom stereocenters. The van der Waals surface area contributed by atoms with Crippen LogP contribution in [0.2, 0.25) is 0 Å². The lowest BCUT2D eigenvalue weighted by Gasteiger charge is -2.18. The number of nitrogens with one attached hydrogen (secondary N) is 2. The second kappa shape index (κ2) is 10.7. The van der Waals surface area contributed by atoms with Gasteiger partial charge in [0.1, 0.15) is 11.9 Å². The van der Waals surface area contributed by atoms with Gasteiger partial charge in [0.25, 0.3) is 0 Å². The number of anilines is 1. The summed E-state index contributed by atoms with van der Waals surface area (Å²) in [6.07, 6.45) is 1.08. The maximum absolute atomic E-state index is 13.5. The molecule has 32 heavy (non-hydrogen) atoms. The summed E-state index contributed by atoms with van der Waals surface area (Å²) in [7, 11) is 4.09. The Morgan fingerprint density at radius 3 is 2.34 bits per heavy atom. The summed E-state index contributed by atoms with van der Waals surface area (Å²) >= 11 is 1.31. The second-order valence-corrected chi connectivity index (χ2v) is 9.16. The van der Waals surface area contributed by atoms with Crippen LogP contribution in [0.25, 0.3) is 5.69 Å². The second-order valence-electron chi connectivity index (χ2n) is 8.22. The van der Waals surface area contributed by atoms with Crippen LogP contribution in [0.1, 0.15) is 50.5 Å². The van der Waals surface area contributed by atoms with Gasteiger partial charge in [-0.25, -0.2) is 4.39 Å². The molecule has 0 aliphatic carbocycles. The van der Waals surface area contributed by atoms with Crippen LogP contribution >= 0.6 is 11.8 Å². The van der Waals surface area contributed by atoms with Crippen LogP contribution in [0.4, 0.5) is 10.1 Å². The fourth-order valence-electron chi connectivity index (χ4n) is 3.20. The Kier molecular flexibility index (Phi) is 8.04. The van der Waals surface area contributed by atoms with Crippen molar-refractivity contribution in [3.05, 3.63) is 65.7 Å². The van der Waals surface area contributed by atoms with Gasteiger partial charge in [-0.1, -0.05) is 37.7 Å². The SMILES string of the molecule is CC[C@@H](C)c1ccc(NC(=O)CSc2nnc([C@@H](C)[NH+](C)C)n2-c2ccc(F)cc2)cc1. The van der Waals surface area contributed by atoms with Crippen molar-refractivity contribution >= 4 is 23.4 Å². The van der Waals surface area contributed by atoms with E-state index in [9.17, 15) is 9.18 Å². The number of hydrogen-bond acceptors (Lipinski definition) is 4. The molecule has 6 nitrogen and oxygen atoms in total. The van der Waals surface area contributed by atoms with E-state index in [1.165, 1.54) is 34.4 Å². The zero-order valence-corrected chi connectivity index (χ0v) is 20.0. The monoisotopic (exact) mass is 456 g/mol. The predicted molar refractivity (Wildman–Crippen MR) is 127 cm³/mol. The Labute approximate surface area is 193 Å². The molecule has 3 rings (SSSR count). The van der Waals surface area contributed by atoms with Gasteiger partial charge in [-0.15, -0.1) is 10.2 Å². The number of halogens is 1. The first-order valence-corrected chi connectivity index (χ1v) is 11.8. The highest BCUT2D eigenvalue weighted by atomic mass is 32.2. The average Bonchev–Trinajstić information content (AvgIpc) is 3.21. The Hall–Kier alpha value is -2.71. The third-order valence-electron chi connectivity index (χ3n) is 5.70. The summed E-state index contributed by atoms with van der Waals surface area (Å²) in [4.78, 5) is 13.7. The van der Waals surface area contributed by atoms with Crippen molar-refractivity contribution in [3.8, 4) is 5.69 Å². The topological polar surface area (TPSA) is 64.2 Å². The Balaban J connectivity index is 1.74. The summed E-state index contributed by atoms with van der Waals surface area (Å²) < 4.78 is 15.4. The number of aromatic nitrogens is 3.